The molecule has 0 bridgehead atoms. The first kappa shape index (κ1) is 14.9. The van der Waals surface area contributed by atoms with Crippen molar-refractivity contribution in [2.75, 3.05) is 6.54 Å². The van der Waals surface area contributed by atoms with E-state index in [1.54, 1.807) is 0 Å². The molecule has 0 radical (unpaired) electrons. The normalized spacial score (nSPS) is 15.0. The largest absolute Gasteiger partial charge is 0.444 e. The maximum atomic E-state index is 12.3. The molecule has 2 aromatic rings. The molecule has 0 saturated carbocycles. The molecule has 0 aliphatic carbocycles. The summed E-state index contributed by atoms with van der Waals surface area (Å²) in [6.45, 7) is 10.2. The summed E-state index contributed by atoms with van der Waals surface area (Å²) in [4.78, 5) is 14.2. The van der Waals surface area contributed by atoms with Crippen LogP contribution in [0.5, 0.6) is 0 Å². The predicted octanol–water partition coefficient (Wildman–Crippen LogP) is 3.95. The quantitative estimate of drug-likeness (QED) is 0.799. The third kappa shape index (κ3) is 2.58. The molecule has 0 spiro atoms. The number of fused-ring (bicyclic) bond motifs is 3. The summed E-state index contributed by atoms with van der Waals surface area (Å²) in [7, 11) is 0. The number of amides is 1. The molecule has 0 saturated heterocycles. The maximum Gasteiger partial charge on any atom is 0.410 e. The third-order valence-electron chi connectivity index (χ3n) is 4.13. The first-order valence-corrected chi connectivity index (χ1v) is 7.97. The van der Waals surface area contributed by atoms with Crippen LogP contribution in [0.4, 0.5) is 4.79 Å². The predicted molar refractivity (Wildman–Crippen MR) is 88.0 cm³/mol. The number of aromatic nitrogens is 1. The van der Waals surface area contributed by atoms with Gasteiger partial charge in [0.2, 0.25) is 0 Å². The Morgan fingerprint density at radius 2 is 2.00 bits per heavy atom. The van der Waals surface area contributed by atoms with E-state index in [1.165, 1.54) is 22.2 Å². The van der Waals surface area contributed by atoms with Crippen molar-refractivity contribution in [3.8, 4) is 0 Å². The summed E-state index contributed by atoms with van der Waals surface area (Å²) in [5, 5.41) is 1.26. The third-order valence-corrected chi connectivity index (χ3v) is 4.13. The van der Waals surface area contributed by atoms with E-state index < -0.39 is 5.60 Å². The van der Waals surface area contributed by atoms with Crippen LogP contribution < -0.4 is 0 Å². The Bertz CT molecular complexity index is 710. The number of rotatable bonds is 1. The van der Waals surface area contributed by atoms with E-state index in [0.29, 0.717) is 6.54 Å². The highest BCUT2D eigenvalue weighted by molar-refractivity contribution is 5.86. The molecule has 3 rings (SSSR count). The minimum Gasteiger partial charge on any atom is -0.444 e. The van der Waals surface area contributed by atoms with Crippen molar-refractivity contribution >= 4 is 17.0 Å². The van der Waals surface area contributed by atoms with E-state index in [9.17, 15) is 4.79 Å². The van der Waals surface area contributed by atoms with Crippen molar-refractivity contribution in [3.63, 3.8) is 0 Å². The van der Waals surface area contributed by atoms with Crippen LogP contribution >= 0.6 is 0 Å². The van der Waals surface area contributed by atoms with Gasteiger partial charge in [-0.25, -0.2) is 4.79 Å². The Morgan fingerprint density at radius 1 is 1.27 bits per heavy atom. The van der Waals surface area contributed by atoms with Gasteiger partial charge in [-0.15, -0.1) is 0 Å². The monoisotopic (exact) mass is 300 g/mol. The Hall–Kier alpha value is -1.97. The van der Waals surface area contributed by atoms with Gasteiger partial charge in [-0.2, -0.15) is 0 Å². The fourth-order valence-corrected chi connectivity index (χ4v) is 3.24. The second kappa shape index (κ2) is 5.34. The van der Waals surface area contributed by atoms with Gasteiger partial charge in [-0.3, -0.25) is 0 Å². The minimum absolute atomic E-state index is 0.216. The highest BCUT2D eigenvalue weighted by Gasteiger charge is 2.28. The van der Waals surface area contributed by atoms with Gasteiger partial charge >= 0.3 is 6.09 Å². The zero-order valence-corrected chi connectivity index (χ0v) is 13.8. The maximum absolute atomic E-state index is 12.3. The number of carbonyl (C=O) groups excluding carboxylic acids is 1. The van der Waals surface area contributed by atoms with Crippen molar-refractivity contribution < 1.29 is 9.53 Å². The summed E-state index contributed by atoms with van der Waals surface area (Å²) in [6.07, 6.45) is 0.670. The van der Waals surface area contributed by atoms with Crippen LogP contribution in [0.3, 0.4) is 0 Å². The summed E-state index contributed by atoms with van der Waals surface area (Å²) < 4.78 is 7.89. The second-order valence-corrected chi connectivity index (χ2v) is 6.84. The van der Waals surface area contributed by atoms with Crippen LogP contribution in [0.1, 0.15) is 39.0 Å². The van der Waals surface area contributed by atoms with Crippen molar-refractivity contribution in [2.24, 2.45) is 0 Å². The molecule has 0 N–H and O–H groups in total. The molecule has 118 valence electrons. The number of benzene rings is 1. The van der Waals surface area contributed by atoms with E-state index in [0.717, 1.165) is 19.5 Å². The van der Waals surface area contributed by atoms with Gasteiger partial charge in [0.15, 0.2) is 0 Å². The molecule has 0 atom stereocenters. The summed E-state index contributed by atoms with van der Waals surface area (Å²) in [5.74, 6) is 0. The molecule has 1 amide bonds. The van der Waals surface area contributed by atoms with E-state index in [-0.39, 0.29) is 6.09 Å². The molecule has 2 heterocycles. The number of hydrogen-bond acceptors (Lipinski definition) is 2. The number of nitrogens with zero attached hydrogens (tertiary/aromatic N) is 2. The Morgan fingerprint density at radius 3 is 2.68 bits per heavy atom. The van der Waals surface area contributed by atoms with E-state index in [4.69, 9.17) is 4.74 Å². The molecule has 1 aliphatic rings. The molecular weight excluding hydrogens is 276 g/mol. The highest BCUT2D eigenvalue weighted by atomic mass is 16.6. The SMILES string of the molecule is CCn1c2c(c3ccccc31)CN(C(=O)OC(C)(C)C)CC2. The molecule has 4 nitrogen and oxygen atoms in total. The standard InChI is InChI=1S/C18H24N2O2/c1-5-20-15-9-7-6-8-13(15)14-12-19(11-10-16(14)20)17(21)22-18(2,3)4/h6-9H,5,10-12H2,1-4H3. The van der Waals surface area contributed by atoms with Gasteiger partial charge in [-0.1, -0.05) is 18.2 Å². The molecule has 1 aromatic carbocycles. The number of para-hydroxylation sites is 1. The van der Waals surface area contributed by atoms with Gasteiger partial charge in [0.05, 0.1) is 6.54 Å². The minimum atomic E-state index is -0.450. The lowest BCUT2D eigenvalue weighted by molar-refractivity contribution is 0.0223. The smallest absolute Gasteiger partial charge is 0.410 e. The summed E-state index contributed by atoms with van der Waals surface area (Å²) >= 11 is 0. The fraction of sp³-hybridized carbons (Fsp3) is 0.500. The molecule has 1 aliphatic heterocycles. The number of ether oxygens (including phenoxy) is 1. The molecule has 1 aromatic heterocycles. The number of hydrogen-bond donors (Lipinski definition) is 0. The highest BCUT2D eigenvalue weighted by Crippen LogP contribution is 2.31. The lowest BCUT2D eigenvalue weighted by atomic mass is 10.0. The van der Waals surface area contributed by atoms with Crippen LogP contribution in [0.15, 0.2) is 24.3 Å². The average Bonchev–Trinajstić information content (AvgIpc) is 2.78. The summed E-state index contributed by atoms with van der Waals surface area (Å²) in [5.41, 5.74) is 3.45. The molecule has 4 heteroatoms. The summed E-state index contributed by atoms with van der Waals surface area (Å²) in [6, 6.07) is 8.45. The van der Waals surface area contributed by atoms with E-state index >= 15 is 0 Å². The van der Waals surface area contributed by atoms with Crippen LogP contribution in [0, 0.1) is 0 Å². The van der Waals surface area contributed by atoms with Crippen LogP contribution in [-0.2, 0) is 24.2 Å². The first-order valence-electron chi connectivity index (χ1n) is 7.97. The van der Waals surface area contributed by atoms with E-state index in [2.05, 4.69) is 35.8 Å². The lowest BCUT2D eigenvalue weighted by Gasteiger charge is -2.30. The van der Waals surface area contributed by atoms with Crippen LogP contribution in [-0.4, -0.2) is 27.7 Å². The average molecular weight is 300 g/mol. The Balaban J connectivity index is 1.95. The first-order chi connectivity index (χ1) is 10.4. The van der Waals surface area contributed by atoms with E-state index in [1.807, 2.05) is 25.7 Å². The molecule has 0 fully saturated rings. The zero-order chi connectivity index (χ0) is 15.9. The number of aryl methyl sites for hydroxylation is 1. The van der Waals surface area contributed by atoms with Crippen LogP contribution in [0.25, 0.3) is 10.9 Å². The fourth-order valence-electron chi connectivity index (χ4n) is 3.24. The van der Waals surface area contributed by atoms with Crippen molar-refractivity contribution in [1.29, 1.82) is 0 Å². The lowest BCUT2D eigenvalue weighted by Crippen LogP contribution is -2.40. The Labute approximate surface area is 131 Å². The van der Waals surface area contributed by atoms with Crippen molar-refractivity contribution in [1.82, 2.24) is 9.47 Å². The van der Waals surface area contributed by atoms with Crippen LogP contribution in [0.2, 0.25) is 0 Å². The van der Waals surface area contributed by atoms with Crippen molar-refractivity contribution in [2.45, 2.75) is 52.8 Å². The molecule has 22 heavy (non-hydrogen) atoms. The van der Waals surface area contributed by atoms with Gasteiger partial charge < -0.3 is 14.2 Å². The topological polar surface area (TPSA) is 34.5 Å². The van der Waals surface area contributed by atoms with Crippen molar-refractivity contribution in [3.05, 3.63) is 35.5 Å². The molecule has 0 unspecified atom stereocenters. The van der Waals surface area contributed by atoms with Gasteiger partial charge in [0.1, 0.15) is 5.60 Å². The van der Waals surface area contributed by atoms with Gasteiger partial charge in [-0.05, 0) is 33.8 Å². The van der Waals surface area contributed by atoms with Gasteiger partial charge in [0.25, 0.3) is 0 Å². The zero-order valence-electron chi connectivity index (χ0n) is 13.8. The number of carbonyl (C=O) groups is 1. The Kier molecular flexibility index (Phi) is 3.63. The molecular formula is C18H24N2O2. The van der Waals surface area contributed by atoms with Gasteiger partial charge in [0, 0.05) is 41.7 Å². The second-order valence-electron chi connectivity index (χ2n) is 6.84.